The molecule has 0 radical (unpaired) electrons. The SMILES string of the molecule is CN(C)S(=O)(=O)c1ccc(N2CC3CNCC3C2)cc1. The van der Waals surface area contributed by atoms with Crippen LogP contribution in [-0.2, 0) is 10.0 Å². The molecule has 2 atom stereocenters. The van der Waals surface area contributed by atoms with Crippen molar-refractivity contribution < 1.29 is 8.42 Å². The van der Waals surface area contributed by atoms with Gasteiger partial charge in [-0.3, -0.25) is 0 Å². The van der Waals surface area contributed by atoms with Crippen molar-refractivity contribution >= 4 is 15.7 Å². The molecule has 5 nitrogen and oxygen atoms in total. The average molecular weight is 295 g/mol. The second-order valence-electron chi connectivity index (χ2n) is 5.86. The maximum atomic E-state index is 12.0. The van der Waals surface area contributed by atoms with Crippen LogP contribution < -0.4 is 10.2 Å². The van der Waals surface area contributed by atoms with E-state index in [1.54, 1.807) is 26.2 Å². The number of anilines is 1. The molecule has 2 heterocycles. The highest BCUT2D eigenvalue weighted by molar-refractivity contribution is 7.89. The van der Waals surface area contributed by atoms with E-state index in [0.29, 0.717) is 4.90 Å². The van der Waals surface area contributed by atoms with Crippen molar-refractivity contribution in [3.63, 3.8) is 0 Å². The van der Waals surface area contributed by atoms with E-state index in [4.69, 9.17) is 0 Å². The largest absolute Gasteiger partial charge is 0.371 e. The van der Waals surface area contributed by atoms with Crippen molar-refractivity contribution in [2.24, 2.45) is 11.8 Å². The molecule has 2 fully saturated rings. The highest BCUT2D eigenvalue weighted by Crippen LogP contribution is 2.31. The first-order chi connectivity index (χ1) is 9.48. The second kappa shape index (κ2) is 5.02. The molecule has 110 valence electrons. The molecule has 2 saturated heterocycles. The van der Waals surface area contributed by atoms with Crippen LogP contribution in [-0.4, -0.2) is 53.0 Å². The van der Waals surface area contributed by atoms with Crippen molar-refractivity contribution in [1.29, 1.82) is 0 Å². The monoisotopic (exact) mass is 295 g/mol. The van der Waals surface area contributed by atoms with Gasteiger partial charge in [0.15, 0.2) is 0 Å². The van der Waals surface area contributed by atoms with Crippen LogP contribution in [0.1, 0.15) is 0 Å². The smallest absolute Gasteiger partial charge is 0.242 e. The van der Waals surface area contributed by atoms with E-state index in [2.05, 4.69) is 10.2 Å². The Labute approximate surface area is 120 Å². The highest BCUT2D eigenvalue weighted by atomic mass is 32.2. The van der Waals surface area contributed by atoms with Gasteiger partial charge in [-0.2, -0.15) is 0 Å². The molecule has 1 aromatic rings. The van der Waals surface area contributed by atoms with Crippen LogP contribution in [0.15, 0.2) is 29.2 Å². The molecule has 2 aliphatic heterocycles. The Morgan fingerprint density at radius 3 is 2.15 bits per heavy atom. The third kappa shape index (κ3) is 2.32. The highest BCUT2D eigenvalue weighted by Gasteiger charge is 2.36. The fraction of sp³-hybridized carbons (Fsp3) is 0.571. The van der Waals surface area contributed by atoms with Gasteiger partial charge < -0.3 is 10.2 Å². The summed E-state index contributed by atoms with van der Waals surface area (Å²) in [4.78, 5) is 2.72. The molecular weight excluding hydrogens is 274 g/mol. The molecule has 0 bridgehead atoms. The minimum absolute atomic E-state index is 0.354. The Morgan fingerprint density at radius 1 is 1.10 bits per heavy atom. The van der Waals surface area contributed by atoms with Gasteiger partial charge in [-0.1, -0.05) is 0 Å². The molecule has 1 N–H and O–H groups in total. The zero-order valence-electron chi connectivity index (χ0n) is 11.9. The molecule has 0 saturated carbocycles. The van der Waals surface area contributed by atoms with E-state index < -0.39 is 10.0 Å². The summed E-state index contributed by atoms with van der Waals surface area (Å²) in [5, 5.41) is 3.43. The molecule has 0 spiro atoms. The summed E-state index contributed by atoms with van der Waals surface area (Å²) >= 11 is 0. The van der Waals surface area contributed by atoms with Gasteiger partial charge in [-0.15, -0.1) is 0 Å². The molecule has 1 aromatic carbocycles. The van der Waals surface area contributed by atoms with Crippen molar-refractivity contribution in [2.75, 3.05) is 45.2 Å². The van der Waals surface area contributed by atoms with Gasteiger partial charge in [-0.25, -0.2) is 12.7 Å². The topological polar surface area (TPSA) is 52.7 Å². The van der Waals surface area contributed by atoms with Gasteiger partial charge in [-0.05, 0) is 36.1 Å². The number of fused-ring (bicyclic) bond motifs is 1. The molecule has 2 aliphatic rings. The summed E-state index contributed by atoms with van der Waals surface area (Å²) in [6.45, 7) is 4.34. The third-order valence-electron chi connectivity index (χ3n) is 4.37. The van der Waals surface area contributed by atoms with Crippen LogP contribution in [0.2, 0.25) is 0 Å². The third-order valence-corrected chi connectivity index (χ3v) is 6.20. The van der Waals surface area contributed by atoms with E-state index in [1.165, 1.54) is 4.31 Å². The predicted molar refractivity (Wildman–Crippen MR) is 79.4 cm³/mol. The number of nitrogens with one attached hydrogen (secondary N) is 1. The predicted octanol–water partition coefficient (Wildman–Crippen LogP) is 0.593. The quantitative estimate of drug-likeness (QED) is 0.887. The lowest BCUT2D eigenvalue weighted by molar-refractivity contribution is 0.521. The zero-order valence-corrected chi connectivity index (χ0v) is 12.7. The fourth-order valence-corrected chi connectivity index (χ4v) is 4.01. The van der Waals surface area contributed by atoms with Crippen LogP contribution in [0.4, 0.5) is 5.69 Å². The summed E-state index contributed by atoms with van der Waals surface area (Å²) < 4.78 is 25.3. The first-order valence-corrected chi connectivity index (χ1v) is 8.41. The number of hydrogen-bond donors (Lipinski definition) is 1. The van der Waals surface area contributed by atoms with Crippen LogP contribution in [0.5, 0.6) is 0 Å². The van der Waals surface area contributed by atoms with Crippen LogP contribution >= 0.6 is 0 Å². The van der Waals surface area contributed by atoms with E-state index in [9.17, 15) is 8.42 Å². The lowest BCUT2D eigenvalue weighted by atomic mass is 10.0. The van der Waals surface area contributed by atoms with Gasteiger partial charge in [0.05, 0.1) is 4.90 Å². The molecule has 20 heavy (non-hydrogen) atoms. The minimum Gasteiger partial charge on any atom is -0.371 e. The minimum atomic E-state index is -3.33. The molecule has 6 heteroatoms. The number of nitrogens with zero attached hydrogens (tertiary/aromatic N) is 2. The molecule has 3 rings (SSSR count). The average Bonchev–Trinajstić information content (AvgIpc) is 2.99. The van der Waals surface area contributed by atoms with E-state index >= 15 is 0 Å². The summed E-state index contributed by atoms with van der Waals surface area (Å²) in [6.07, 6.45) is 0. The van der Waals surface area contributed by atoms with Crippen molar-refractivity contribution in [1.82, 2.24) is 9.62 Å². The molecule has 0 aliphatic carbocycles. The fourth-order valence-electron chi connectivity index (χ4n) is 3.11. The maximum absolute atomic E-state index is 12.0. The van der Waals surface area contributed by atoms with Crippen molar-refractivity contribution in [2.45, 2.75) is 4.90 Å². The summed E-state index contributed by atoms with van der Waals surface area (Å²) in [7, 11) is -0.220. The first-order valence-electron chi connectivity index (χ1n) is 6.97. The Balaban J connectivity index is 1.77. The Morgan fingerprint density at radius 2 is 1.65 bits per heavy atom. The van der Waals surface area contributed by atoms with Crippen LogP contribution in [0, 0.1) is 11.8 Å². The van der Waals surface area contributed by atoms with E-state index in [-0.39, 0.29) is 0 Å². The normalized spacial score (nSPS) is 26.2. The van der Waals surface area contributed by atoms with Gasteiger partial charge in [0, 0.05) is 46.0 Å². The molecule has 2 unspecified atom stereocenters. The van der Waals surface area contributed by atoms with Gasteiger partial charge in [0.25, 0.3) is 0 Å². The van der Waals surface area contributed by atoms with Gasteiger partial charge in [0.1, 0.15) is 0 Å². The number of benzene rings is 1. The van der Waals surface area contributed by atoms with E-state index in [1.807, 2.05) is 12.1 Å². The standard InChI is InChI=1S/C14H21N3O2S/c1-16(2)20(18,19)14-5-3-13(4-6-14)17-9-11-7-15-8-12(11)10-17/h3-6,11-12,15H,7-10H2,1-2H3. The van der Waals surface area contributed by atoms with Gasteiger partial charge >= 0.3 is 0 Å². The van der Waals surface area contributed by atoms with Crippen molar-refractivity contribution in [3.05, 3.63) is 24.3 Å². The lowest BCUT2D eigenvalue weighted by Crippen LogP contribution is -2.25. The maximum Gasteiger partial charge on any atom is 0.242 e. The van der Waals surface area contributed by atoms with E-state index in [0.717, 1.165) is 43.7 Å². The summed E-state index contributed by atoms with van der Waals surface area (Å²) in [5.74, 6) is 1.47. The molecule has 0 aromatic heterocycles. The Kier molecular flexibility index (Phi) is 3.48. The van der Waals surface area contributed by atoms with Crippen molar-refractivity contribution in [3.8, 4) is 0 Å². The Hall–Kier alpha value is -1.11. The number of sulfonamides is 1. The second-order valence-corrected chi connectivity index (χ2v) is 8.02. The number of rotatable bonds is 3. The Bertz CT molecular complexity index is 571. The zero-order chi connectivity index (χ0) is 14.3. The van der Waals surface area contributed by atoms with Crippen LogP contribution in [0.25, 0.3) is 0 Å². The lowest BCUT2D eigenvalue weighted by Gasteiger charge is -2.20. The first kappa shape index (κ1) is 13.9. The molecule has 0 amide bonds. The van der Waals surface area contributed by atoms with Crippen LogP contribution in [0.3, 0.4) is 0 Å². The van der Waals surface area contributed by atoms with Gasteiger partial charge in [0.2, 0.25) is 10.0 Å². The summed E-state index contributed by atoms with van der Waals surface area (Å²) in [6, 6.07) is 7.25. The summed E-state index contributed by atoms with van der Waals surface area (Å²) in [5.41, 5.74) is 1.12. The molecular formula is C14H21N3O2S. The number of hydrogen-bond acceptors (Lipinski definition) is 4.